The van der Waals surface area contributed by atoms with Gasteiger partial charge in [-0.2, -0.15) is 4.98 Å². The first-order chi connectivity index (χ1) is 7.84. The average Bonchev–Trinajstić information content (AvgIpc) is 2.96. The van der Waals surface area contributed by atoms with Crippen LogP contribution in [0.3, 0.4) is 0 Å². The molecule has 1 fully saturated rings. The van der Waals surface area contributed by atoms with Crippen molar-refractivity contribution in [3.63, 3.8) is 0 Å². The molecule has 2 atom stereocenters. The molecule has 0 spiro atoms. The fourth-order valence-corrected chi connectivity index (χ4v) is 2.68. The van der Waals surface area contributed by atoms with E-state index < -0.39 is 0 Å². The highest BCUT2D eigenvalue weighted by atomic mass is 32.1. The van der Waals surface area contributed by atoms with Gasteiger partial charge in [-0.15, -0.1) is 11.3 Å². The maximum Gasteiger partial charge on any atom is 0.244 e. The summed E-state index contributed by atoms with van der Waals surface area (Å²) < 4.78 is 5.33. The monoisotopic (exact) mass is 235 g/mol. The van der Waals surface area contributed by atoms with Crippen LogP contribution in [0, 0.1) is 5.92 Å². The molecule has 0 radical (unpaired) electrons. The van der Waals surface area contributed by atoms with Crippen molar-refractivity contribution in [2.24, 2.45) is 5.92 Å². The summed E-state index contributed by atoms with van der Waals surface area (Å²) in [6.45, 7) is 3.24. The molecule has 0 bridgehead atoms. The van der Waals surface area contributed by atoms with Gasteiger partial charge in [0.1, 0.15) is 0 Å². The van der Waals surface area contributed by atoms with Crippen molar-refractivity contribution in [1.82, 2.24) is 15.5 Å². The summed E-state index contributed by atoms with van der Waals surface area (Å²) in [7, 11) is 0. The SMILES string of the molecule is CC1CCNC1c1nc(-c2cccs2)no1. The molecule has 3 heterocycles. The lowest BCUT2D eigenvalue weighted by atomic mass is 10.0. The zero-order valence-electron chi connectivity index (χ0n) is 9.01. The minimum Gasteiger partial charge on any atom is -0.337 e. The number of hydrogen-bond donors (Lipinski definition) is 1. The van der Waals surface area contributed by atoms with Crippen LogP contribution in [0.25, 0.3) is 10.7 Å². The van der Waals surface area contributed by atoms with Crippen molar-refractivity contribution in [3.05, 3.63) is 23.4 Å². The largest absolute Gasteiger partial charge is 0.337 e. The van der Waals surface area contributed by atoms with Gasteiger partial charge in [0.05, 0.1) is 10.9 Å². The first kappa shape index (κ1) is 9.99. The molecule has 2 aromatic rings. The Bertz CT molecular complexity index is 465. The lowest BCUT2D eigenvalue weighted by molar-refractivity contribution is 0.319. The van der Waals surface area contributed by atoms with E-state index in [1.807, 2.05) is 17.5 Å². The summed E-state index contributed by atoms with van der Waals surface area (Å²) in [6, 6.07) is 4.22. The third-order valence-electron chi connectivity index (χ3n) is 2.98. The summed E-state index contributed by atoms with van der Waals surface area (Å²) in [4.78, 5) is 5.51. The fourth-order valence-electron chi connectivity index (χ4n) is 2.03. The van der Waals surface area contributed by atoms with Crippen molar-refractivity contribution in [2.45, 2.75) is 19.4 Å². The van der Waals surface area contributed by atoms with Crippen LogP contribution in [0.15, 0.2) is 22.0 Å². The highest BCUT2D eigenvalue weighted by molar-refractivity contribution is 7.13. The third-order valence-corrected chi connectivity index (χ3v) is 3.85. The van der Waals surface area contributed by atoms with E-state index in [0.29, 0.717) is 17.6 Å². The highest BCUT2D eigenvalue weighted by Crippen LogP contribution is 2.30. The van der Waals surface area contributed by atoms with E-state index in [-0.39, 0.29) is 6.04 Å². The molecule has 3 rings (SSSR count). The second-order valence-corrected chi connectivity index (χ2v) is 5.08. The normalized spacial score (nSPS) is 25.1. The van der Waals surface area contributed by atoms with Crippen LogP contribution in [0.2, 0.25) is 0 Å². The van der Waals surface area contributed by atoms with Gasteiger partial charge in [0.2, 0.25) is 11.7 Å². The maximum absolute atomic E-state index is 5.33. The lowest BCUT2D eigenvalue weighted by Crippen LogP contribution is -2.16. The Balaban J connectivity index is 1.88. The Morgan fingerprint density at radius 2 is 2.50 bits per heavy atom. The van der Waals surface area contributed by atoms with E-state index in [4.69, 9.17) is 4.52 Å². The van der Waals surface area contributed by atoms with Crippen molar-refractivity contribution >= 4 is 11.3 Å². The molecule has 1 N–H and O–H groups in total. The average molecular weight is 235 g/mol. The minimum absolute atomic E-state index is 0.223. The molecule has 0 aliphatic carbocycles. The number of aromatic nitrogens is 2. The summed E-state index contributed by atoms with van der Waals surface area (Å²) >= 11 is 1.63. The molecule has 1 aliphatic heterocycles. The highest BCUT2D eigenvalue weighted by Gasteiger charge is 2.29. The summed E-state index contributed by atoms with van der Waals surface area (Å²) in [5.74, 6) is 1.98. The second kappa shape index (κ2) is 3.99. The van der Waals surface area contributed by atoms with E-state index in [9.17, 15) is 0 Å². The van der Waals surface area contributed by atoms with Gasteiger partial charge >= 0.3 is 0 Å². The number of thiophene rings is 1. The van der Waals surface area contributed by atoms with Crippen LogP contribution in [0.5, 0.6) is 0 Å². The van der Waals surface area contributed by atoms with E-state index in [0.717, 1.165) is 11.4 Å². The molecule has 5 heteroatoms. The Hall–Kier alpha value is -1.20. The summed E-state index contributed by atoms with van der Waals surface area (Å²) in [5.41, 5.74) is 0. The van der Waals surface area contributed by atoms with Gasteiger partial charge in [-0.3, -0.25) is 0 Å². The van der Waals surface area contributed by atoms with Gasteiger partial charge in [-0.25, -0.2) is 0 Å². The van der Waals surface area contributed by atoms with E-state index in [1.165, 1.54) is 6.42 Å². The van der Waals surface area contributed by atoms with E-state index in [2.05, 4.69) is 22.4 Å². The molecule has 2 unspecified atom stereocenters. The predicted octanol–water partition coefficient (Wildman–Crippen LogP) is 2.47. The van der Waals surface area contributed by atoms with Crippen molar-refractivity contribution in [3.8, 4) is 10.7 Å². The first-order valence-corrected chi connectivity index (χ1v) is 6.33. The van der Waals surface area contributed by atoms with Crippen molar-refractivity contribution < 1.29 is 4.52 Å². The van der Waals surface area contributed by atoms with E-state index in [1.54, 1.807) is 11.3 Å². The van der Waals surface area contributed by atoms with Crippen LogP contribution in [-0.2, 0) is 0 Å². The Morgan fingerprint density at radius 1 is 1.56 bits per heavy atom. The molecule has 1 saturated heterocycles. The topological polar surface area (TPSA) is 51.0 Å². The molecule has 84 valence electrons. The molecule has 16 heavy (non-hydrogen) atoms. The zero-order valence-corrected chi connectivity index (χ0v) is 9.83. The van der Waals surface area contributed by atoms with Crippen LogP contribution in [0.1, 0.15) is 25.3 Å². The van der Waals surface area contributed by atoms with Crippen LogP contribution in [0.4, 0.5) is 0 Å². The van der Waals surface area contributed by atoms with Gasteiger partial charge in [0.25, 0.3) is 0 Å². The van der Waals surface area contributed by atoms with Gasteiger partial charge in [0, 0.05) is 0 Å². The molecule has 2 aromatic heterocycles. The summed E-state index contributed by atoms with van der Waals surface area (Å²) in [6.07, 6.45) is 1.17. The number of nitrogens with zero attached hydrogens (tertiary/aromatic N) is 2. The van der Waals surface area contributed by atoms with Crippen molar-refractivity contribution in [1.29, 1.82) is 0 Å². The molecule has 1 aliphatic rings. The lowest BCUT2D eigenvalue weighted by Gasteiger charge is -2.08. The number of hydrogen-bond acceptors (Lipinski definition) is 5. The smallest absolute Gasteiger partial charge is 0.244 e. The van der Waals surface area contributed by atoms with Crippen LogP contribution >= 0.6 is 11.3 Å². The Morgan fingerprint density at radius 3 is 3.19 bits per heavy atom. The number of nitrogens with one attached hydrogen (secondary N) is 1. The predicted molar refractivity (Wildman–Crippen MR) is 62.1 cm³/mol. The maximum atomic E-state index is 5.33. The molecule has 0 aromatic carbocycles. The number of rotatable bonds is 2. The fraction of sp³-hybridized carbons (Fsp3) is 0.455. The van der Waals surface area contributed by atoms with Gasteiger partial charge in [-0.05, 0) is 30.3 Å². The Kier molecular flexibility index (Phi) is 2.49. The molecule has 4 nitrogen and oxygen atoms in total. The standard InChI is InChI=1S/C11H13N3OS/c1-7-4-5-12-9(7)11-13-10(14-15-11)8-3-2-6-16-8/h2-3,6-7,9,12H,4-5H2,1H3. The third kappa shape index (κ3) is 1.66. The van der Waals surface area contributed by atoms with Crippen LogP contribution in [-0.4, -0.2) is 16.7 Å². The van der Waals surface area contributed by atoms with E-state index >= 15 is 0 Å². The van der Waals surface area contributed by atoms with Crippen LogP contribution < -0.4 is 5.32 Å². The first-order valence-electron chi connectivity index (χ1n) is 5.45. The molecular weight excluding hydrogens is 222 g/mol. The molecule has 0 amide bonds. The van der Waals surface area contributed by atoms with Gasteiger partial charge in [-0.1, -0.05) is 18.1 Å². The van der Waals surface area contributed by atoms with Gasteiger partial charge in [0.15, 0.2) is 0 Å². The molecular formula is C11H13N3OS. The molecule has 0 saturated carbocycles. The van der Waals surface area contributed by atoms with Crippen molar-refractivity contribution in [2.75, 3.05) is 6.54 Å². The van der Waals surface area contributed by atoms with Gasteiger partial charge < -0.3 is 9.84 Å². The zero-order chi connectivity index (χ0) is 11.0. The Labute approximate surface area is 97.7 Å². The minimum atomic E-state index is 0.223. The summed E-state index contributed by atoms with van der Waals surface area (Å²) in [5, 5.41) is 9.43. The quantitative estimate of drug-likeness (QED) is 0.868. The second-order valence-electron chi connectivity index (χ2n) is 4.13.